The van der Waals surface area contributed by atoms with E-state index in [0.29, 0.717) is 57.9 Å². The number of nitrogens with zero attached hydrogens (tertiary/aromatic N) is 1. The van der Waals surface area contributed by atoms with E-state index in [0.717, 1.165) is 50.0 Å². The Kier molecular flexibility index (Phi) is 7.52. The number of nitrogens with one attached hydrogen (secondary N) is 2. The third-order valence-corrected chi connectivity index (χ3v) is 8.54. The molecule has 3 heterocycles. The maximum Gasteiger partial charge on any atom is 0.253 e. The summed E-state index contributed by atoms with van der Waals surface area (Å²) in [6.07, 6.45) is 4.77. The van der Waals surface area contributed by atoms with Gasteiger partial charge in [-0.3, -0.25) is 14.5 Å². The van der Waals surface area contributed by atoms with E-state index in [1.165, 1.54) is 0 Å². The van der Waals surface area contributed by atoms with Gasteiger partial charge in [-0.2, -0.15) is 0 Å². The van der Waals surface area contributed by atoms with Gasteiger partial charge in [-0.05, 0) is 70.1 Å². The van der Waals surface area contributed by atoms with Crippen LogP contribution < -0.4 is 20.3 Å². The van der Waals surface area contributed by atoms with Crippen molar-refractivity contribution in [3.8, 4) is 11.5 Å². The lowest BCUT2D eigenvalue weighted by Gasteiger charge is -2.46. The number of amides is 1. The number of ether oxygens (including phenoxy) is 3. The van der Waals surface area contributed by atoms with Gasteiger partial charge in [0, 0.05) is 55.2 Å². The first-order chi connectivity index (χ1) is 17.7. The van der Waals surface area contributed by atoms with E-state index < -0.39 is 0 Å². The Morgan fingerprint density at radius 2 is 1.89 bits per heavy atom. The van der Waals surface area contributed by atoms with E-state index in [4.69, 9.17) is 25.8 Å². The minimum Gasteiger partial charge on any atom is -0.484 e. The number of rotatable bonds is 6. The smallest absolute Gasteiger partial charge is 0.253 e. The molecule has 0 bridgehead atoms. The Morgan fingerprint density at radius 1 is 1.16 bits per heavy atom. The third-order valence-electron chi connectivity index (χ3n) is 8.26. The molecule has 37 heavy (non-hydrogen) atoms. The number of H-pyrrole nitrogens is 1. The topological polar surface area (TPSA) is 92.9 Å². The number of fused-ring (bicyclic) bond motifs is 1. The lowest BCUT2D eigenvalue weighted by atomic mass is 9.81. The highest BCUT2D eigenvalue weighted by Crippen LogP contribution is 2.45. The summed E-state index contributed by atoms with van der Waals surface area (Å²) in [6.45, 7) is 8.19. The third kappa shape index (κ3) is 5.24. The number of pyridine rings is 1. The fourth-order valence-electron chi connectivity index (χ4n) is 5.92. The van der Waals surface area contributed by atoms with E-state index >= 15 is 0 Å². The predicted octanol–water partition coefficient (Wildman–Crippen LogP) is 3.91. The zero-order valence-electron chi connectivity index (χ0n) is 22.0. The first-order valence-electron chi connectivity index (χ1n) is 13.1. The lowest BCUT2D eigenvalue weighted by molar-refractivity contribution is -0.0649. The molecule has 8 nitrogen and oxygen atoms in total. The van der Waals surface area contributed by atoms with Crippen molar-refractivity contribution in [1.82, 2.24) is 15.2 Å². The van der Waals surface area contributed by atoms with Gasteiger partial charge < -0.3 is 24.5 Å². The molecule has 200 valence electrons. The van der Waals surface area contributed by atoms with Crippen LogP contribution in [0.1, 0.15) is 58.4 Å². The first kappa shape index (κ1) is 26.1. The molecule has 2 N–H and O–H groups in total. The average Bonchev–Trinajstić information content (AvgIpc) is 2.85. The lowest BCUT2D eigenvalue weighted by Crippen LogP contribution is -2.57. The Morgan fingerprint density at radius 3 is 2.57 bits per heavy atom. The largest absolute Gasteiger partial charge is 0.484 e. The maximum atomic E-state index is 13.1. The summed E-state index contributed by atoms with van der Waals surface area (Å²) < 4.78 is 18.0. The summed E-state index contributed by atoms with van der Waals surface area (Å²) in [7, 11) is 1.78. The average molecular weight is 530 g/mol. The number of hydrogen-bond acceptors (Lipinski definition) is 6. The predicted molar refractivity (Wildman–Crippen MR) is 142 cm³/mol. The Balaban J connectivity index is 1.25. The van der Waals surface area contributed by atoms with Gasteiger partial charge in [0.15, 0.2) is 11.5 Å². The molecule has 0 spiro atoms. The Labute approximate surface area is 222 Å². The van der Waals surface area contributed by atoms with E-state index in [2.05, 4.69) is 15.2 Å². The van der Waals surface area contributed by atoms with Crippen LogP contribution in [0.2, 0.25) is 5.02 Å². The molecule has 1 saturated carbocycles. The van der Waals surface area contributed by atoms with Crippen molar-refractivity contribution < 1.29 is 19.0 Å². The van der Waals surface area contributed by atoms with E-state index in [-0.39, 0.29) is 24.1 Å². The van der Waals surface area contributed by atoms with Gasteiger partial charge in [-0.15, -0.1) is 0 Å². The van der Waals surface area contributed by atoms with Crippen LogP contribution in [0.5, 0.6) is 11.5 Å². The normalized spacial score (nSPS) is 24.0. The fraction of sp³-hybridized carbons (Fsp3) is 0.571. The SMILES string of the molecule is COC1CN(C2CCC(C3COc4c(Cl)cc(C(=O)NCc5c(C)cc(C)[nH]c5=O)c(C)c4O3)CC2)C1. The molecule has 0 radical (unpaired) electrons. The van der Waals surface area contributed by atoms with E-state index in [9.17, 15) is 9.59 Å². The molecule has 1 aliphatic carbocycles. The number of aromatic amines is 1. The van der Waals surface area contributed by atoms with Crippen LogP contribution in [0.3, 0.4) is 0 Å². The van der Waals surface area contributed by atoms with Crippen LogP contribution in [-0.2, 0) is 11.3 Å². The molecule has 1 saturated heterocycles. The number of likely N-dealkylation sites (tertiary alicyclic amines) is 1. The van der Waals surface area contributed by atoms with Gasteiger partial charge in [0.25, 0.3) is 11.5 Å². The molecule has 1 aromatic carbocycles. The number of carbonyl (C=O) groups is 1. The molecule has 2 aliphatic heterocycles. The summed E-state index contributed by atoms with van der Waals surface area (Å²) in [5.74, 6) is 1.14. The molecule has 1 atom stereocenters. The zero-order chi connectivity index (χ0) is 26.3. The van der Waals surface area contributed by atoms with Crippen LogP contribution >= 0.6 is 11.6 Å². The van der Waals surface area contributed by atoms with E-state index in [1.54, 1.807) is 13.2 Å². The molecule has 9 heteroatoms. The van der Waals surface area contributed by atoms with Gasteiger partial charge in [0.2, 0.25) is 0 Å². The van der Waals surface area contributed by atoms with Crippen molar-refractivity contribution >= 4 is 17.5 Å². The molecule has 3 aliphatic rings. The van der Waals surface area contributed by atoms with Crippen molar-refractivity contribution in [2.24, 2.45) is 5.92 Å². The Hall–Kier alpha value is -2.55. The van der Waals surface area contributed by atoms with Crippen LogP contribution in [0.15, 0.2) is 16.9 Å². The minimum absolute atomic E-state index is 0.0709. The maximum absolute atomic E-state index is 13.1. The molecule has 1 amide bonds. The molecular weight excluding hydrogens is 494 g/mol. The van der Waals surface area contributed by atoms with Gasteiger partial charge >= 0.3 is 0 Å². The van der Waals surface area contributed by atoms with Gasteiger partial charge in [0.1, 0.15) is 12.7 Å². The number of halogens is 1. The molecule has 2 fully saturated rings. The highest BCUT2D eigenvalue weighted by atomic mass is 35.5. The molecule has 1 unspecified atom stereocenters. The molecule has 2 aromatic rings. The first-order valence-corrected chi connectivity index (χ1v) is 13.5. The monoisotopic (exact) mass is 529 g/mol. The van der Waals surface area contributed by atoms with Gasteiger partial charge in [-0.25, -0.2) is 0 Å². The van der Waals surface area contributed by atoms with Crippen LogP contribution in [-0.4, -0.2) is 60.8 Å². The van der Waals surface area contributed by atoms with Gasteiger partial charge in [0.05, 0.1) is 11.1 Å². The van der Waals surface area contributed by atoms with Crippen LogP contribution in [0, 0.1) is 26.7 Å². The van der Waals surface area contributed by atoms with Crippen LogP contribution in [0.25, 0.3) is 0 Å². The van der Waals surface area contributed by atoms with Crippen molar-refractivity contribution in [3.05, 3.63) is 55.5 Å². The van der Waals surface area contributed by atoms with Crippen LogP contribution in [0.4, 0.5) is 0 Å². The van der Waals surface area contributed by atoms with E-state index in [1.807, 2.05) is 26.8 Å². The summed E-state index contributed by atoms with van der Waals surface area (Å²) >= 11 is 6.53. The fourth-order valence-corrected chi connectivity index (χ4v) is 6.17. The molecule has 1 aromatic heterocycles. The van der Waals surface area contributed by atoms with Crippen molar-refractivity contribution in [2.45, 2.75) is 71.2 Å². The van der Waals surface area contributed by atoms with Gasteiger partial charge in [-0.1, -0.05) is 11.6 Å². The summed E-state index contributed by atoms with van der Waals surface area (Å²) in [4.78, 5) is 30.8. The number of methoxy groups -OCH3 is 1. The Bertz CT molecular complexity index is 1230. The second kappa shape index (κ2) is 10.7. The quantitative estimate of drug-likeness (QED) is 0.589. The zero-order valence-corrected chi connectivity index (χ0v) is 22.7. The highest BCUT2D eigenvalue weighted by molar-refractivity contribution is 6.32. The van der Waals surface area contributed by atoms with Crippen molar-refractivity contribution in [1.29, 1.82) is 0 Å². The number of hydrogen-bond donors (Lipinski definition) is 2. The standard InChI is InChI=1S/C28H36ClN3O5/c1-15-9-16(2)31-28(34)22(15)11-30-27(33)21-10-23(29)26-25(17(21)3)37-24(14-36-26)18-5-7-19(8-6-18)32-12-20(13-32)35-4/h9-10,18-20,24H,5-8,11-14H2,1-4H3,(H,30,33)(H,31,34). The summed E-state index contributed by atoms with van der Waals surface area (Å²) in [5, 5.41) is 3.22. The highest BCUT2D eigenvalue weighted by Gasteiger charge is 2.38. The summed E-state index contributed by atoms with van der Waals surface area (Å²) in [6, 6.07) is 4.13. The number of aromatic nitrogens is 1. The second-order valence-electron chi connectivity index (χ2n) is 10.7. The number of benzene rings is 1. The molecule has 5 rings (SSSR count). The molecular formula is C28H36ClN3O5. The summed E-state index contributed by atoms with van der Waals surface area (Å²) in [5.41, 5.74) is 3.07. The van der Waals surface area contributed by atoms with Crippen molar-refractivity contribution in [3.63, 3.8) is 0 Å². The number of aryl methyl sites for hydroxylation is 2. The second-order valence-corrected chi connectivity index (χ2v) is 11.1. The van der Waals surface area contributed by atoms with Crippen molar-refractivity contribution in [2.75, 3.05) is 26.8 Å². The number of carbonyl (C=O) groups excluding carboxylic acids is 1. The minimum atomic E-state index is -0.309.